The number of sulfonamides is 1. The Morgan fingerprint density at radius 2 is 1.69 bits per heavy atom. The third-order valence-electron chi connectivity index (χ3n) is 4.72. The van der Waals surface area contributed by atoms with Gasteiger partial charge in [0, 0.05) is 10.7 Å². The first kappa shape index (κ1) is 20.1. The number of anilines is 1. The van der Waals surface area contributed by atoms with E-state index in [1.54, 1.807) is 24.3 Å². The summed E-state index contributed by atoms with van der Waals surface area (Å²) in [4.78, 5) is 12.2. The van der Waals surface area contributed by atoms with Crippen LogP contribution in [0.2, 0.25) is 5.02 Å². The summed E-state index contributed by atoms with van der Waals surface area (Å²) in [7, 11) is -3.77. The Morgan fingerprint density at radius 3 is 2.41 bits per heavy atom. The van der Waals surface area contributed by atoms with Crippen LogP contribution in [-0.4, -0.2) is 52.1 Å². The minimum atomic E-state index is -3.77. The molecule has 8 nitrogen and oxygen atoms in total. The van der Waals surface area contributed by atoms with Crippen LogP contribution in [0.5, 0.6) is 0 Å². The summed E-state index contributed by atoms with van der Waals surface area (Å²) in [5.41, 5.74) is 0.605. The lowest BCUT2D eigenvalue weighted by Gasteiger charge is -2.18. The quantitative estimate of drug-likeness (QED) is 0.743. The van der Waals surface area contributed by atoms with E-state index >= 15 is 0 Å². The van der Waals surface area contributed by atoms with Crippen LogP contribution in [-0.2, 0) is 24.2 Å². The Labute approximate surface area is 173 Å². The molecule has 0 aliphatic carbocycles. The lowest BCUT2D eigenvalue weighted by atomic mass is 10.1. The summed E-state index contributed by atoms with van der Waals surface area (Å²) < 4.78 is 44.5. The predicted octanol–water partition coefficient (Wildman–Crippen LogP) is 2.40. The van der Waals surface area contributed by atoms with Crippen molar-refractivity contribution in [1.29, 1.82) is 0 Å². The van der Waals surface area contributed by atoms with Crippen molar-refractivity contribution in [1.82, 2.24) is 4.72 Å². The predicted molar refractivity (Wildman–Crippen MR) is 105 cm³/mol. The van der Waals surface area contributed by atoms with Gasteiger partial charge in [-0.3, -0.25) is 5.32 Å². The van der Waals surface area contributed by atoms with Crippen molar-refractivity contribution in [2.45, 2.75) is 29.2 Å². The maximum atomic E-state index is 12.6. The highest BCUT2D eigenvalue weighted by atomic mass is 35.5. The fraction of sp³-hybridized carbons (Fsp3) is 0.316. The Bertz CT molecular complexity index is 970. The topological polar surface area (TPSA) is 103 Å². The highest BCUT2D eigenvalue weighted by Crippen LogP contribution is 2.30. The first-order valence-corrected chi connectivity index (χ1v) is 10.8. The summed E-state index contributed by atoms with van der Waals surface area (Å²) in [6.07, 6.45) is -2.35. The first-order chi connectivity index (χ1) is 13.9. The highest BCUT2D eigenvalue weighted by Gasteiger charge is 2.50. The molecule has 29 heavy (non-hydrogen) atoms. The van der Waals surface area contributed by atoms with Crippen molar-refractivity contribution in [3.8, 4) is 0 Å². The molecule has 2 aliphatic rings. The van der Waals surface area contributed by atoms with Crippen molar-refractivity contribution in [2.24, 2.45) is 0 Å². The molecule has 0 saturated carbocycles. The molecule has 2 saturated heterocycles. The molecular weight excluding hydrogens is 420 g/mol. The van der Waals surface area contributed by atoms with Crippen molar-refractivity contribution in [2.75, 3.05) is 18.5 Å². The van der Waals surface area contributed by atoms with E-state index in [2.05, 4.69) is 10.0 Å². The maximum Gasteiger partial charge on any atom is 0.412 e. The van der Waals surface area contributed by atoms with Gasteiger partial charge in [-0.25, -0.2) is 17.9 Å². The number of carbonyl (C=O) groups is 1. The molecule has 2 N–H and O–H groups in total. The molecule has 0 radical (unpaired) electrons. The zero-order valence-electron chi connectivity index (χ0n) is 15.2. The van der Waals surface area contributed by atoms with Gasteiger partial charge in [-0.15, -0.1) is 0 Å². The van der Waals surface area contributed by atoms with Crippen LogP contribution in [0, 0.1) is 0 Å². The Hall–Kier alpha value is -2.17. The van der Waals surface area contributed by atoms with E-state index in [0.717, 1.165) is 0 Å². The SMILES string of the molecule is O=C(Nc1ccccc1)O[C@H]1CO[C@@H]2[C@@H]1OC[C@@H]2NS(=O)(=O)c1ccc(Cl)cc1. The second-order valence-corrected chi connectivity index (χ2v) is 8.86. The molecule has 2 fully saturated rings. The Kier molecular flexibility index (Phi) is 5.75. The molecule has 2 aromatic rings. The van der Waals surface area contributed by atoms with Crippen LogP contribution in [0.25, 0.3) is 0 Å². The van der Waals surface area contributed by atoms with E-state index in [1.807, 2.05) is 6.07 Å². The molecular formula is C19H19ClN2O6S. The molecule has 4 atom stereocenters. The average Bonchev–Trinajstić information content (AvgIpc) is 3.26. The molecule has 2 heterocycles. The molecule has 2 aromatic carbocycles. The lowest BCUT2D eigenvalue weighted by molar-refractivity contribution is 0.00883. The molecule has 10 heteroatoms. The van der Waals surface area contributed by atoms with Crippen molar-refractivity contribution in [3.05, 3.63) is 59.6 Å². The number of fused-ring (bicyclic) bond motifs is 1. The maximum absolute atomic E-state index is 12.6. The lowest BCUT2D eigenvalue weighted by Crippen LogP contribution is -2.44. The highest BCUT2D eigenvalue weighted by molar-refractivity contribution is 7.89. The summed E-state index contributed by atoms with van der Waals surface area (Å²) in [6, 6.07) is 14.2. The molecule has 0 unspecified atom stereocenters. The number of carbonyl (C=O) groups excluding carboxylic acids is 1. The van der Waals surface area contributed by atoms with Crippen molar-refractivity contribution >= 4 is 33.4 Å². The molecule has 2 aliphatic heterocycles. The van der Waals surface area contributed by atoms with Gasteiger partial charge < -0.3 is 14.2 Å². The molecule has 0 aromatic heterocycles. The molecule has 4 rings (SSSR count). The zero-order valence-corrected chi connectivity index (χ0v) is 16.7. The standard InChI is InChI=1S/C19H19ClN2O6S/c20-12-6-8-14(9-7-12)29(24,25)22-15-10-26-18-16(11-27-17(15)18)28-19(23)21-13-4-2-1-3-5-13/h1-9,15-18,22H,10-11H2,(H,21,23)/t15-,16-,17-,18+/m0/s1. The average molecular weight is 439 g/mol. The second kappa shape index (κ2) is 8.29. The van der Waals surface area contributed by atoms with Gasteiger partial charge in [0.25, 0.3) is 0 Å². The number of benzene rings is 2. The number of hydrogen-bond acceptors (Lipinski definition) is 6. The van der Waals surface area contributed by atoms with E-state index in [4.69, 9.17) is 25.8 Å². The van der Waals surface area contributed by atoms with Gasteiger partial charge in [-0.1, -0.05) is 29.8 Å². The smallest absolute Gasteiger partial charge is 0.412 e. The number of rotatable bonds is 5. The number of amides is 1. The first-order valence-electron chi connectivity index (χ1n) is 8.96. The minimum Gasteiger partial charge on any atom is -0.441 e. The van der Waals surface area contributed by atoms with Gasteiger partial charge >= 0.3 is 6.09 Å². The fourth-order valence-corrected chi connectivity index (χ4v) is 4.71. The monoisotopic (exact) mass is 438 g/mol. The summed E-state index contributed by atoms with van der Waals surface area (Å²) in [5, 5.41) is 3.08. The van der Waals surface area contributed by atoms with Gasteiger partial charge in [0.1, 0.15) is 12.2 Å². The second-order valence-electron chi connectivity index (χ2n) is 6.71. The third-order valence-corrected chi connectivity index (χ3v) is 6.47. The van der Waals surface area contributed by atoms with Crippen molar-refractivity contribution < 1.29 is 27.4 Å². The minimum absolute atomic E-state index is 0.0957. The number of hydrogen-bond donors (Lipinski definition) is 2. The Morgan fingerprint density at radius 1 is 1.00 bits per heavy atom. The number of halogens is 1. The van der Waals surface area contributed by atoms with E-state index in [9.17, 15) is 13.2 Å². The van der Waals surface area contributed by atoms with Crippen molar-refractivity contribution in [3.63, 3.8) is 0 Å². The zero-order chi connectivity index (χ0) is 20.4. The third kappa shape index (κ3) is 4.54. The van der Waals surface area contributed by atoms with Crippen LogP contribution in [0.15, 0.2) is 59.5 Å². The molecule has 1 amide bonds. The van der Waals surface area contributed by atoms with E-state index in [-0.39, 0.29) is 18.1 Å². The van der Waals surface area contributed by atoms with Gasteiger partial charge in [0.2, 0.25) is 10.0 Å². The van der Waals surface area contributed by atoms with Crippen LogP contribution in [0.3, 0.4) is 0 Å². The van der Waals surface area contributed by atoms with Gasteiger partial charge in [-0.2, -0.15) is 0 Å². The molecule has 0 bridgehead atoms. The van der Waals surface area contributed by atoms with Gasteiger partial charge in [0.05, 0.1) is 24.2 Å². The van der Waals surface area contributed by atoms with Crippen LogP contribution in [0.1, 0.15) is 0 Å². The van der Waals surface area contributed by atoms with E-state index in [1.165, 1.54) is 24.3 Å². The normalized spacial score (nSPS) is 26.1. The van der Waals surface area contributed by atoms with Crippen LogP contribution < -0.4 is 10.0 Å². The van der Waals surface area contributed by atoms with Gasteiger partial charge in [0.15, 0.2) is 6.10 Å². The van der Waals surface area contributed by atoms with E-state index < -0.39 is 40.5 Å². The Balaban J connectivity index is 1.36. The number of ether oxygens (including phenoxy) is 3. The summed E-state index contributed by atoms with van der Waals surface area (Å²) in [6.45, 7) is 0.235. The molecule has 154 valence electrons. The fourth-order valence-electron chi connectivity index (χ4n) is 3.35. The summed E-state index contributed by atoms with van der Waals surface area (Å²) >= 11 is 5.81. The van der Waals surface area contributed by atoms with Crippen LogP contribution in [0.4, 0.5) is 10.5 Å². The number of para-hydroxylation sites is 1. The number of nitrogens with one attached hydrogen (secondary N) is 2. The largest absolute Gasteiger partial charge is 0.441 e. The van der Waals surface area contributed by atoms with E-state index in [0.29, 0.717) is 10.7 Å². The van der Waals surface area contributed by atoms with Gasteiger partial charge in [-0.05, 0) is 36.4 Å². The summed E-state index contributed by atoms with van der Waals surface area (Å²) in [5.74, 6) is 0. The van der Waals surface area contributed by atoms with Crippen LogP contribution >= 0.6 is 11.6 Å². The molecule has 0 spiro atoms.